The number of aromatic nitrogens is 1. The Kier molecular flexibility index (Phi) is 5.72. The quantitative estimate of drug-likeness (QED) is 0.844. The van der Waals surface area contributed by atoms with Crippen LogP contribution >= 0.6 is 0 Å². The van der Waals surface area contributed by atoms with Crippen molar-refractivity contribution in [2.24, 2.45) is 5.92 Å². The lowest BCUT2D eigenvalue weighted by Crippen LogP contribution is -2.24. The summed E-state index contributed by atoms with van der Waals surface area (Å²) in [6.07, 6.45) is 9.35. The fraction of sp³-hybridized carbons (Fsp3) is 0.562. The first-order chi connectivity index (χ1) is 10.1. The molecule has 0 saturated heterocycles. The molecule has 1 aromatic rings. The van der Waals surface area contributed by atoms with Gasteiger partial charge in [-0.3, -0.25) is 9.78 Å². The molecular weight excluding hydrogens is 268 g/mol. The molecule has 0 aliphatic heterocycles. The second-order valence-corrected chi connectivity index (χ2v) is 5.66. The van der Waals surface area contributed by atoms with E-state index in [-0.39, 0.29) is 18.0 Å². The number of nitrogens with one attached hydrogen (secondary N) is 1. The number of nitrogens with zero attached hydrogens (tertiary/aromatic N) is 1. The van der Waals surface area contributed by atoms with E-state index in [1.54, 1.807) is 0 Å². The van der Waals surface area contributed by atoms with E-state index >= 15 is 0 Å². The highest BCUT2D eigenvalue weighted by molar-refractivity contribution is 5.87. The fourth-order valence-electron chi connectivity index (χ4n) is 2.80. The molecule has 1 aromatic heterocycles. The second kappa shape index (κ2) is 7.76. The molecule has 0 spiro atoms. The van der Waals surface area contributed by atoms with E-state index < -0.39 is 5.97 Å². The van der Waals surface area contributed by atoms with Gasteiger partial charge in [-0.15, -0.1) is 0 Å². The predicted octanol–water partition coefficient (Wildman–Crippen LogP) is 2.76. The number of hydrogen-bond acceptors (Lipinski definition) is 3. The van der Waals surface area contributed by atoms with E-state index in [9.17, 15) is 9.59 Å². The Labute approximate surface area is 124 Å². The lowest BCUT2D eigenvalue weighted by molar-refractivity contribution is -0.121. The molecule has 0 bridgehead atoms. The van der Waals surface area contributed by atoms with Crippen LogP contribution in [-0.4, -0.2) is 22.0 Å². The molecule has 0 radical (unpaired) electrons. The molecule has 5 nitrogen and oxygen atoms in total. The molecular formula is C16H22N2O3. The van der Waals surface area contributed by atoms with Crippen molar-refractivity contribution in [3.05, 3.63) is 29.6 Å². The number of carboxylic acids is 1. The number of carboxylic acid groups (broad SMARTS) is 1. The van der Waals surface area contributed by atoms with Crippen molar-refractivity contribution >= 4 is 11.9 Å². The predicted molar refractivity (Wildman–Crippen MR) is 78.9 cm³/mol. The second-order valence-electron chi connectivity index (χ2n) is 5.66. The SMILES string of the molecule is O=C(CCC1CCCCC1)NCc1cc(C(=O)O)ccn1. The monoisotopic (exact) mass is 290 g/mol. The molecule has 114 valence electrons. The van der Waals surface area contributed by atoms with Crippen LogP contribution in [0.3, 0.4) is 0 Å². The van der Waals surface area contributed by atoms with Crippen molar-refractivity contribution in [1.29, 1.82) is 0 Å². The first kappa shape index (κ1) is 15.5. The van der Waals surface area contributed by atoms with Gasteiger partial charge < -0.3 is 10.4 Å². The average molecular weight is 290 g/mol. The highest BCUT2D eigenvalue weighted by Gasteiger charge is 2.14. The number of carbonyl (C=O) groups excluding carboxylic acids is 1. The van der Waals surface area contributed by atoms with Gasteiger partial charge in [0.05, 0.1) is 17.8 Å². The summed E-state index contributed by atoms with van der Waals surface area (Å²) in [7, 11) is 0. The van der Waals surface area contributed by atoms with Gasteiger partial charge in [-0.25, -0.2) is 4.79 Å². The van der Waals surface area contributed by atoms with Crippen molar-refractivity contribution in [1.82, 2.24) is 10.3 Å². The molecule has 1 aliphatic rings. The molecule has 0 aromatic carbocycles. The lowest BCUT2D eigenvalue weighted by atomic mass is 9.86. The topological polar surface area (TPSA) is 79.3 Å². The molecule has 21 heavy (non-hydrogen) atoms. The van der Waals surface area contributed by atoms with E-state index in [2.05, 4.69) is 10.3 Å². The minimum atomic E-state index is -0.984. The normalized spacial score (nSPS) is 15.6. The summed E-state index contributed by atoms with van der Waals surface area (Å²) < 4.78 is 0. The van der Waals surface area contributed by atoms with Gasteiger partial charge in [0.2, 0.25) is 5.91 Å². The zero-order chi connectivity index (χ0) is 15.1. The lowest BCUT2D eigenvalue weighted by Gasteiger charge is -2.20. The summed E-state index contributed by atoms with van der Waals surface area (Å²) in [6, 6.07) is 2.93. The van der Waals surface area contributed by atoms with Crippen LogP contribution in [0.25, 0.3) is 0 Å². The highest BCUT2D eigenvalue weighted by atomic mass is 16.4. The molecule has 1 aliphatic carbocycles. The van der Waals surface area contributed by atoms with Crippen LogP contribution in [0.4, 0.5) is 0 Å². The smallest absolute Gasteiger partial charge is 0.335 e. The highest BCUT2D eigenvalue weighted by Crippen LogP contribution is 2.27. The Morgan fingerprint density at radius 1 is 1.29 bits per heavy atom. The number of aromatic carboxylic acids is 1. The third kappa shape index (κ3) is 5.17. The minimum absolute atomic E-state index is 0.0168. The number of amides is 1. The summed E-state index contributed by atoms with van der Waals surface area (Å²) in [5.74, 6) is -0.275. The molecule has 2 N–H and O–H groups in total. The van der Waals surface area contributed by atoms with Crippen LogP contribution in [0.5, 0.6) is 0 Å². The summed E-state index contributed by atoms with van der Waals surface area (Å²) in [6.45, 7) is 0.282. The van der Waals surface area contributed by atoms with Gasteiger partial charge in [0.1, 0.15) is 0 Å². The van der Waals surface area contributed by atoms with Gasteiger partial charge in [-0.2, -0.15) is 0 Å². The van der Waals surface area contributed by atoms with Crippen LogP contribution in [-0.2, 0) is 11.3 Å². The Balaban J connectivity index is 1.73. The van der Waals surface area contributed by atoms with Crippen molar-refractivity contribution in [2.75, 3.05) is 0 Å². The Bertz CT molecular complexity index is 496. The van der Waals surface area contributed by atoms with E-state index in [1.165, 1.54) is 50.4 Å². The van der Waals surface area contributed by atoms with Crippen LogP contribution in [0, 0.1) is 5.92 Å². The summed E-state index contributed by atoms with van der Waals surface area (Å²) >= 11 is 0. The maximum Gasteiger partial charge on any atom is 0.335 e. The first-order valence-electron chi connectivity index (χ1n) is 7.60. The number of rotatable bonds is 6. The van der Waals surface area contributed by atoms with Gasteiger partial charge in [0.25, 0.3) is 0 Å². The van der Waals surface area contributed by atoms with Crippen molar-refractivity contribution in [3.63, 3.8) is 0 Å². The molecule has 5 heteroatoms. The van der Waals surface area contributed by atoms with Gasteiger partial charge >= 0.3 is 5.97 Å². The van der Waals surface area contributed by atoms with Gasteiger partial charge in [0.15, 0.2) is 0 Å². The van der Waals surface area contributed by atoms with Crippen LogP contribution < -0.4 is 5.32 Å². The summed E-state index contributed by atoms with van der Waals surface area (Å²) in [5, 5.41) is 11.7. The number of pyridine rings is 1. The standard InChI is InChI=1S/C16H22N2O3/c19-15(7-6-12-4-2-1-3-5-12)18-11-14-10-13(16(20)21)8-9-17-14/h8-10,12H,1-7,11H2,(H,18,19)(H,20,21). The van der Waals surface area contributed by atoms with E-state index in [0.29, 0.717) is 18.0 Å². The van der Waals surface area contributed by atoms with E-state index in [1.807, 2.05) is 0 Å². The van der Waals surface area contributed by atoms with Crippen LogP contribution in [0.2, 0.25) is 0 Å². The van der Waals surface area contributed by atoms with E-state index in [4.69, 9.17) is 5.11 Å². The molecule has 1 saturated carbocycles. The fourth-order valence-corrected chi connectivity index (χ4v) is 2.80. The average Bonchev–Trinajstić information content (AvgIpc) is 2.52. The van der Waals surface area contributed by atoms with Gasteiger partial charge in [-0.1, -0.05) is 32.1 Å². The first-order valence-corrected chi connectivity index (χ1v) is 7.60. The molecule has 0 atom stereocenters. The Morgan fingerprint density at radius 3 is 2.76 bits per heavy atom. The van der Waals surface area contributed by atoms with Crippen molar-refractivity contribution in [2.45, 2.75) is 51.5 Å². The summed E-state index contributed by atoms with van der Waals surface area (Å²) in [5.41, 5.74) is 0.761. The minimum Gasteiger partial charge on any atom is -0.478 e. The molecule has 1 fully saturated rings. The van der Waals surface area contributed by atoms with Crippen LogP contribution in [0.15, 0.2) is 18.3 Å². The van der Waals surface area contributed by atoms with Crippen molar-refractivity contribution in [3.8, 4) is 0 Å². The largest absolute Gasteiger partial charge is 0.478 e. The number of hydrogen-bond donors (Lipinski definition) is 2. The molecule has 1 amide bonds. The third-order valence-electron chi connectivity index (χ3n) is 4.03. The van der Waals surface area contributed by atoms with Crippen LogP contribution in [0.1, 0.15) is 61.0 Å². The van der Waals surface area contributed by atoms with Gasteiger partial charge in [0, 0.05) is 12.6 Å². The van der Waals surface area contributed by atoms with E-state index in [0.717, 1.165) is 6.42 Å². The molecule has 1 heterocycles. The summed E-state index contributed by atoms with van der Waals surface area (Å²) in [4.78, 5) is 26.7. The molecule has 0 unspecified atom stereocenters. The van der Waals surface area contributed by atoms with Crippen molar-refractivity contribution < 1.29 is 14.7 Å². The Morgan fingerprint density at radius 2 is 2.05 bits per heavy atom. The Hall–Kier alpha value is -1.91. The maximum absolute atomic E-state index is 11.8. The zero-order valence-electron chi connectivity index (χ0n) is 12.2. The zero-order valence-corrected chi connectivity index (χ0v) is 12.2. The maximum atomic E-state index is 11.8. The molecule has 2 rings (SSSR count). The number of carbonyl (C=O) groups is 2. The van der Waals surface area contributed by atoms with Gasteiger partial charge in [-0.05, 0) is 24.5 Å². The third-order valence-corrected chi connectivity index (χ3v) is 4.03.